The number of aliphatic carboxylic acids is 1. The molecule has 0 aliphatic carbocycles. The Morgan fingerprint density at radius 3 is 2.43 bits per heavy atom. The number of thioether (sulfide) groups is 1. The van der Waals surface area contributed by atoms with Crippen molar-refractivity contribution >= 4 is 35.1 Å². The number of carbonyl (C=O) groups is 2. The van der Waals surface area contributed by atoms with E-state index in [0.717, 1.165) is 17.8 Å². The minimum atomic E-state index is -1.05. The van der Waals surface area contributed by atoms with Crippen LogP contribution in [0.5, 0.6) is 0 Å². The van der Waals surface area contributed by atoms with Crippen LogP contribution in [0.25, 0.3) is 0 Å². The van der Waals surface area contributed by atoms with Gasteiger partial charge in [0.05, 0.1) is 11.4 Å². The molecule has 0 heterocycles. The summed E-state index contributed by atoms with van der Waals surface area (Å²) in [6, 6.07) is 8.76. The fourth-order valence-electron chi connectivity index (χ4n) is 1.68. The zero-order valence-corrected chi connectivity index (χ0v) is 12.5. The first kappa shape index (κ1) is 16.8. The van der Waals surface area contributed by atoms with Crippen LogP contribution in [0.1, 0.15) is 0 Å². The molecule has 8 heteroatoms. The lowest BCUT2D eigenvalue weighted by molar-refractivity contribution is -0.133. The molecule has 23 heavy (non-hydrogen) atoms. The Kier molecular flexibility index (Phi) is 5.53. The molecule has 2 amide bonds. The maximum absolute atomic E-state index is 13.8. The summed E-state index contributed by atoms with van der Waals surface area (Å²) in [4.78, 5) is 22.4. The van der Waals surface area contributed by atoms with E-state index in [-0.39, 0.29) is 22.0 Å². The molecule has 0 atom stereocenters. The van der Waals surface area contributed by atoms with Crippen molar-refractivity contribution in [2.75, 3.05) is 16.4 Å². The maximum Gasteiger partial charge on any atom is 0.323 e. The molecule has 0 unspecified atom stereocenters. The summed E-state index contributed by atoms with van der Waals surface area (Å²) in [6.07, 6.45) is 0. The minimum absolute atomic E-state index is 0.000828. The third-order valence-corrected chi connectivity index (χ3v) is 3.70. The number of carboxylic acid groups (broad SMARTS) is 1. The lowest BCUT2D eigenvalue weighted by atomic mass is 10.3. The molecule has 0 saturated carbocycles. The zero-order chi connectivity index (χ0) is 16.8. The van der Waals surface area contributed by atoms with Gasteiger partial charge in [-0.15, -0.1) is 11.8 Å². The standard InChI is InChI=1S/C15H12F2N2O3S/c16-10-3-1-2-4-12(10)19-15(22)18-9-5-6-13(11(17)7-9)23-8-14(20)21/h1-7H,8H2,(H,20,21)(H2,18,19,22). The van der Waals surface area contributed by atoms with Crippen LogP contribution < -0.4 is 10.6 Å². The Labute approximate surface area is 134 Å². The smallest absolute Gasteiger partial charge is 0.323 e. The first-order valence-electron chi connectivity index (χ1n) is 6.42. The van der Waals surface area contributed by atoms with E-state index in [1.54, 1.807) is 6.07 Å². The number of rotatable bonds is 5. The Bertz CT molecular complexity index is 740. The van der Waals surface area contributed by atoms with Crippen molar-refractivity contribution in [2.45, 2.75) is 4.90 Å². The number of anilines is 2. The summed E-state index contributed by atoms with van der Waals surface area (Å²) < 4.78 is 27.2. The molecule has 0 spiro atoms. The number of nitrogens with one attached hydrogen (secondary N) is 2. The Hall–Kier alpha value is -2.61. The highest BCUT2D eigenvalue weighted by molar-refractivity contribution is 8.00. The maximum atomic E-state index is 13.8. The van der Waals surface area contributed by atoms with Crippen molar-refractivity contribution < 1.29 is 23.5 Å². The van der Waals surface area contributed by atoms with Gasteiger partial charge in [0.2, 0.25) is 0 Å². The number of amides is 2. The highest BCUT2D eigenvalue weighted by atomic mass is 32.2. The van der Waals surface area contributed by atoms with E-state index in [9.17, 15) is 18.4 Å². The van der Waals surface area contributed by atoms with Crippen molar-refractivity contribution in [1.29, 1.82) is 0 Å². The number of para-hydroxylation sites is 1. The summed E-state index contributed by atoms with van der Waals surface area (Å²) in [6.45, 7) is 0. The fraction of sp³-hybridized carbons (Fsp3) is 0.0667. The number of benzene rings is 2. The topological polar surface area (TPSA) is 78.4 Å². The monoisotopic (exact) mass is 338 g/mol. The van der Waals surface area contributed by atoms with Crippen LogP contribution in [0, 0.1) is 11.6 Å². The van der Waals surface area contributed by atoms with Gasteiger partial charge in [0.25, 0.3) is 0 Å². The molecule has 2 aromatic carbocycles. The van der Waals surface area contributed by atoms with E-state index in [4.69, 9.17) is 5.11 Å². The summed E-state index contributed by atoms with van der Waals surface area (Å²) in [5.41, 5.74) is 0.162. The van der Waals surface area contributed by atoms with Crippen LogP contribution in [0.4, 0.5) is 25.0 Å². The molecule has 0 radical (unpaired) electrons. The second-order valence-electron chi connectivity index (χ2n) is 4.39. The van der Waals surface area contributed by atoms with Gasteiger partial charge >= 0.3 is 12.0 Å². The fourth-order valence-corrected chi connectivity index (χ4v) is 2.32. The molecule has 0 aliphatic rings. The highest BCUT2D eigenvalue weighted by Crippen LogP contribution is 2.24. The minimum Gasteiger partial charge on any atom is -0.481 e. The molecule has 0 saturated heterocycles. The van der Waals surface area contributed by atoms with Gasteiger partial charge in [-0.1, -0.05) is 12.1 Å². The van der Waals surface area contributed by atoms with Crippen molar-refractivity contribution in [2.24, 2.45) is 0 Å². The van der Waals surface area contributed by atoms with E-state index in [1.807, 2.05) is 0 Å². The summed E-state index contributed by atoms with van der Waals surface area (Å²) in [5.74, 6) is -2.56. The van der Waals surface area contributed by atoms with Gasteiger partial charge in [-0.3, -0.25) is 4.79 Å². The molecule has 2 rings (SSSR count). The van der Waals surface area contributed by atoms with Crippen LogP contribution in [0.3, 0.4) is 0 Å². The van der Waals surface area contributed by atoms with Crippen LogP contribution in [0.15, 0.2) is 47.4 Å². The van der Waals surface area contributed by atoms with Gasteiger partial charge in [0.15, 0.2) is 0 Å². The zero-order valence-electron chi connectivity index (χ0n) is 11.7. The number of hydrogen-bond donors (Lipinski definition) is 3. The van der Waals surface area contributed by atoms with Crippen LogP contribution in [0.2, 0.25) is 0 Å². The number of hydrogen-bond acceptors (Lipinski definition) is 3. The second-order valence-corrected chi connectivity index (χ2v) is 5.40. The summed E-state index contributed by atoms with van der Waals surface area (Å²) >= 11 is 0.835. The van der Waals surface area contributed by atoms with E-state index < -0.39 is 23.6 Å². The number of urea groups is 1. The van der Waals surface area contributed by atoms with Gasteiger partial charge in [-0.05, 0) is 30.3 Å². The molecular formula is C15H12F2N2O3S. The molecular weight excluding hydrogens is 326 g/mol. The average molecular weight is 338 g/mol. The van der Waals surface area contributed by atoms with Crippen LogP contribution in [-0.2, 0) is 4.79 Å². The van der Waals surface area contributed by atoms with Crippen molar-refractivity contribution in [3.63, 3.8) is 0 Å². The lowest BCUT2D eigenvalue weighted by Gasteiger charge is -2.09. The molecule has 3 N–H and O–H groups in total. The molecule has 0 aromatic heterocycles. The quantitative estimate of drug-likeness (QED) is 0.725. The molecule has 0 bridgehead atoms. The SMILES string of the molecule is O=C(O)CSc1ccc(NC(=O)Nc2ccccc2F)cc1F. The van der Waals surface area contributed by atoms with Gasteiger partial charge in [0, 0.05) is 10.6 Å². The van der Waals surface area contributed by atoms with Crippen molar-refractivity contribution in [3.8, 4) is 0 Å². The summed E-state index contributed by atoms with van der Waals surface area (Å²) in [7, 11) is 0. The predicted octanol–water partition coefficient (Wildman–Crippen LogP) is 3.79. The van der Waals surface area contributed by atoms with Crippen LogP contribution >= 0.6 is 11.8 Å². The predicted molar refractivity (Wildman–Crippen MR) is 83.8 cm³/mol. The average Bonchev–Trinajstić information content (AvgIpc) is 2.48. The Morgan fingerprint density at radius 1 is 1.04 bits per heavy atom. The Morgan fingerprint density at radius 2 is 1.78 bits per heavy atom. The third kappa shape index (κ3) is 4.96. The Balaban J connectivity index is 2.00. The van der Waals surface area contributed by atoms with Gasteiger partial charge in [-0.25, -0.2) is 13.6 Å². The third-order valence-electron chi connectivity index (χ3n) is 2.66. The van der Waals surface area contributed by atoms with E-state index in [0.29, 0.717) is 0 Å². The normalized spacial score (nSPS) is 10.2. The number of carboxylic acids is 1. The molecule has 2 aromatic rings. The number of carbonyl (C=O) groups excluding carboxylic acids is 1. The van der Waals surface area contributed by atoms with E-state index in [1.165, 1.54) is 30.3 Å². The highest BCUT2D eigenvalue weighted by Gasteiger charge is 2.10. The molecule has 5 nitrogen and oxygen atoms in total. The van der Waals surface area contributed by atoms with E-state index in [2.05, 4.69) is 10.6 Å². The molecule has 120 valence electrons. The van der Waals surface area contributed by atoms with Crippen molar-refractivity contribution in [1.82, 2.24) is 0 Å². The lowest BCUT2D eigenvalue weighted by Crippen LogP contribution is -2.20. The van der Waals surface area contributed by atoms with Crippen molar-refractivity contribution in [3.05, 3.63) is 54.1 Å². The van der Waals surface area contributed by atoms with Gasteiger partial charge < -0.3 is 15.7 Å². The number of halogens is 2. The first-order chi connectivity index (χ1) is 11.0. The second kappa shape index (κ2) is 7.59. The molecule has 0 aliphatic heterocycles. The summed E-state index contributed by atoms with van der Waals surface area (Å²) in [5, 5.41) is 13.2. The van der Waals surface area contributed by atoms with Gasteiger partial charge in [-0.2, -0.15) is 0 Å². The van der Waals surface area contributed by atoms with E-state index >= 15 is 0 Å². The molecule has 0 fully saturated rings. The van der Waals surface area contributed by atoms with Crippen LogP contribution in [-0.4, -0.2) is 22.9 Å². The largest absolute Gasteiger partial charge is 0.481 e. The first-order valence-corrected chi connectivity index (χ1v) is 7.41. The van der Waals surface area contributed by atoms with Gasteiger partial charge in [0.1, 0.15) is 11.6 Å².